The van der Waals surface area contributed by atoms with Gasteiger partial charge in [0.1, 0.15) is 0 Å². The molecule has 6 nitrogen and oxygen atoms in total. The van der Waals surface area contributed by atoms with Crippen molar-refractivity contribution in [2.75, 3.05) is 32.7 Å². The second kappa shape index (κ2) is 10.4. The number of nitrogens with zero attached hydrogens (tertiary/aromatic N) is 2. The van der Waals surface area contributed by atoms with Gasteiger partial charge in [0.25, 0.3) is 0 Å². The number of carbonyl (C=O) groups excluding carboxylic acids is 3. The monoisotopic (exact) mass is 399 g/mol. The van der Waals surface area contributed by atoms with E-state index in [1.54, 1.807) is 11.8 Å². The lowest BCUT2D eigenvalue weighted by Crippen LogP contribution is -2.51. The number of piperazine rings is 1. The van der Waals surface area contributed by atoms with Gasteiger partial charge < -0.3 is 15.1 Å². The molecule has 0 atom stereocenters. The highest BCUT2D eigenvalue weighted by molar-refractivity contribution is 5.81. The summed E-state index contributed by atoms with van der Waals surface area (Å²) in [7, 11) is 0. The van der Waals surface area contributed by atoms with E-state index >= 15 is 0 Å². The molecule has 1 saturated heterocycles. The Labute approximate surface area is 173 Å². The van der Waals surface area contributed by atoms with Crippen LogP contribution in [0.25, 0.3) is 0 Å². The molecule has 6 heteroatoms. The van der Waals surface area contributed by atoms with Crippen LogP contribution in [0.15, 0.2) is 30.3 Å². The van der Waals surface area contributed by atoms with Gasteiger partial charge in [-0.15, -0.1) is 0 Å². The van der Waals surface area contributed by atoms with Gasteiger partial charge in [0.15, 0.2) is 0 Å². The second-order valence-electron chi connectivity index (χ2n) is 8.26. The quantitative estimate of drug-likeness (QED) is 0.746. The Balaban J connectivity index is 1.33. The average molecular weight is 400 g/mol. The summed E-state index contributed by atoms with van der Waals surface area (Å²) in [6.45, 7) is 4.78. The van der Waals surface area contributed by atoms with Gasteiger partial charge in [0.2, 0.25) is 17.7 Å². The van der Waals surface area contributed by atoms with Crippen molar-refractivity contribution < 1.29 is 14.4 Å². The molecule has 2 aliphatic rings. The van der Waals surface area contributed by atoms with Crippen molar-refractivity contribution in [3.63, 3.8) is 0 Å². The van der Waals surface area contributed by atoms with Crippen LogP contribution in [-0.2, 0) is 20.8 Å². The van der Waals surface area contributed by atoms with E-state index in [1.807, 2.05) is 23.1 Å². The predicted molar refractivity (Wildman–Crippen MR) is 112 cm³/mol. The maximum Gasteiger partial charge on any atom is 0.225 e. The minimum atomic E-state index is 0.0287. The van der Waals surface area contributed by atoms with Crippen LogP contribution in [0.3, 0.4) is 0 Å². The normalized spacial score (nSPS) is 22.2. The van der Waals surface area contributed by atoms with Crippen LogP contribution in [0.5, 0.6) is 0 Å². The summed E-state index contributed by atoms with van der Waals surface area (Å²) in [5.74, 6) is 0.479. The Morgan fingerprint density at radius 3 is 2.10 bits per heavy atom. The number of hydrogen-bond donors (Lipinski definition) is 1. The molecule has 1 N–H and O–H groups in total. The van der Waals surface area contributed by atoms with E-state index in [9.17, 15) is 14.4 Å². The summed E-state index contributed by atoms with van der Waals surface area (Å²) in [5.41, 5.74) is 1.30. The number of aryl methyl sites for hydroxylation is 1. The molecule has 1 aromatic carbocycles. The Bertz CT molecular complexity index is 691. The number of hydrogen-bond acceptors (Lipinski definition) is 3. The van der Waals surface area contributed by atoms with Crippen molar-refractivity contribution in [2.45, 2.75) is 45.4 Å². The zero-order chi connectivity index (χ0) is 20.6. The minimum absolute atomic E-state index is 0.0287. The molecule has 29 heavy (non-hydrogen) atoms. The molecule has 1 saturated carbocycles. The van der Waals surface area contributed by atoms with Gasteiger partial charge in [-0.05, 0) is 44.1 Å². The van der Waals surface area contributed by atoms with Crippen LogP contribution in [0.2, 0.25) is 0 Å². The first-order valence-corrected chi connectivity index (χ1v) is 10.9. The highest BCUT2D eigenvalue weighted by Crippen LogP contribution is 2.30. The third-order valence-corrected chi connectivity index (χ3v) is 6.27. The molecule has 1 aromatic rings. The summed E-state index contributed by atoms with van der Waals surface area (Å²) < 4.78 is 0. The van der Waals surface area contributed by atoms with Gasteiger partial charge in [-0.25, -0.2) is 0 Å². The second-order valence-corrected chi connectivity index (χ2v) is 8.26. The maximum atomic E-state index is 12.8. The van der Waals surface area contributed by atoms with Crippen molar-refractivity contribution in [3.8, 4) is 0 Å². The van der Waals surface area contributed by atoms with E-state index in [2.05, 4.69) is 17.4 Å². The lowest BCUT2D eigenvalue weighted by Gasteiger charge is -2.37. The highest BCUT2D eigenvalue weighted by atomic mass is 16.2. The van der Waals surface area contributed by atoms with Crippen molar-refractivity contribution in [3.05, 3.63) is 35.9 Å². The third kappa shape index (κ3) is 6.05. The molecule has 0 aromatic heterocycles. The molecule has 1 aliphatic carbocycles. The number of rotatable bonds is 6. The fraction of sp³-hybridized carbons (Fsp3) is 0.609. The van der Waals surface area contributed by atoms with Gasteiger partial charge in [-0.2, -0.15) is 0 Å². The van der Waals surface area contributed by atoms with E-state index in [4.69, 9.17) is 0 Å². The summed E-state index contributed by atoms with van der Waals surface area (Å²) in [4.78, 5) is 40.3. The molecule has 3 rings (SSSR count). The van der Waals surface area contributed by atoms with Crippen LogP contribution in [-0.4, -0.2) is 60.2 Å². The van der Waals surface area contributed by atoms with Crippen molar-refractivity contribution in [1.82, 2.24) is 15.1 Å². The van der Waals surface area contributed by atoms with Crippen LogP contribution in [0.1, 0.15) is 44.6 Å². The summed E-state index contributed by atoms with van der Waals surface area (Å²) in [6.07, 6.45) is 5.06. The molecular formula is C23H33N3O3. The summed E-state index contributed by atoms with van der Waals surface area (Å²) in [5, 5.41) is 3.07. The lowest BCUT2D eigenvalue weighted by molar-refractivity contribution is -0.143. The van der Waals surface area contributed by atoms with Gasteiger partial charge in [-0.1, -0.05) is 30.3 Å². The van der Waals surface area contributed by atoms with E-state index < -0.39 is 0 Å². The Kier molecular flexibility index (Phi) is 7.67. The van der Waals surface area contributed by atoms with Crippen LogP contribution < -0.4 is 5.32 Å². The van der Waals surface area contributed by atoms with E-state index in [0.717, 1.165) is 38.5 Å². The van der Waals surface area contributed by atoms with Crippen LogP contribution in [0, 0.1) is 11.8 Å². The highest BCUT2D eigenvalue weighted by Gasteiger charge is 2.33. The van der Waals surface area contributed by atoms with Crippen molar-refractivity contribution in [1.29, 1.82) is 0 Å². The maximum absolute atomic E-state index is 12.8. The molecule has 1 aliphatic heterocycles. The third-order valence-electron chi connectivity index (χ3n) is 6.27. The molecule has 0 spiro atoms. The van der Waals surface area contributed by atoms with Gasteiger partial charge in [-0.3, -0.25) is 14.4 Å². The minimum Gasteiger partial charge on any atom is -0.356 e. The number of amides is 3. The number of benzene rings is 1. The molecule has 1 heterocycles. The Morgan fingerprint density at radius 1 is 0.897 bits per heavy atom. The lowest BCUT2D eigenvalue weighted by atomic mass is 9.81. The molecule has 158 valence electrons. The first-order chi connectivity index (χ1) is 14.0. The van der Waals surface area contributed by atoms with E-state index in [1.165, 1.54) is 5.56 Å². The van der Waals surface area contributed by atoms with Gasteiger partial charge in [0.05, 0.1) is 0 Å². The topological polar surface area (TPSA) is 69.7 Å². The zero-order valence-corrected chi connectivity index (χ0v) is 17.4. The summed E-state index contributed by atoms with van der Waals surface area (Å²) in [6, 6.07) is 10.3. The standard InChI is InChI=1S/C23H33N3O3/c1-18(27)25-14-16-26(17-15-25)23(29)21-11-9-20(10-12-21)22(28)24-13-5-8-19-6-3-2-4-7-19/h2-4,6-7,20-21H,5,8-17H2,1H3,(H,24,28). The van der Waals surface area contributed by atoms with Crippen LogP contribution in [0.4, 0.5) is 0 Å². The number of carbonyl (C=O) groups is 3. The van der Waals surface area contributed by atoms with Gasteiger partial charge >= 0.3 is 0 Å². The van der Waals surface area contributed by atoms with Crippen molar-refractivity contribution >= 4 is 17.7 Å². The molecule has 0 bridgehead atoms. The van der Waals surface area contributed by atoms with Crippen molar-refractivity contribution in [2.24, 2.45) is 11.8 Å². The molecule has 0 unspecified atom stereocenters. The smallest absolute Gasteiger partial charge is 0.225 e. The molecule has 2 fully saturated rings. The number of nitrogens with one attached hydrogen (secondary N) is 1. The molecule has 0 radical (unpaired) electrons. The van der Waals surface area contributed by atoms with Gasteiger partial charge in [0, 0.05) is 51.5 Å². The fourth-order valence-electron chi connectivity index (χ4n) is 4.40. The van der Waals surface area contributed by atoms with E-state index in [-0.39, 0.29) is 29.6 Å². The largest absolute Gasteiger partial charge is 0.356 e. The fourth-order valence-corrected chi connectivity index (χ4v) is 4.40. The first-order valence-electron chi connectivity index (χ1n) is 10.9. The average Bonchev–Trinajstić information content (AvgIpc) is 2.77. The molecule has 3 amide bonds. The van der Waals surface area contributed by atoms with Crippen LogP contribution >= 0.6 is 0 Å². The Morgan fingerprint density at radius 2 is 1.48 bits per heavy atom. The molecular weight excluding hydrogens is 366 g/mol. The predicted octanol–water partition coefficient (Wildman–Crippen LogP) is 2.23. The summed E-state index contributed by atoms with van der Waals surface area (Å²) >= 11 is 0. The SMILES string of the molecule is CC(=O)N1CCN(C(=O)C2CCC(C(=O)NCCCc3ccccc3)CC2)CC1. The zero-order valence-electron chi connectivity index (χ0n) is 17.4. The first kappa shape index (κ1) is 21.3. The van der Waals surface area contributed by atoms with E-state index in [0.29, 0.717) is 32.7 Å². The Hall–Kier alpha value is -2.37.